The quantitative estimate of drug-likeness (QED) is 0.748. The van der Waals surface area contributed by atoms with Gasteiger partial charge in [0.05, 0.1) is 12.6 Å². The van der Waals surface area contributed by atoms with Crippen LogP contribution in [0.4, 0.5) is 0 Å². The topological polar surface area (TPSA) is 59.0 Å². The van der Waals surface area contributed by atoms with Gasteiger partial charge in [0.15, 0.2) is 0 Å². The molecule has 0 saturated heterocycles. The number of hydrogen-bond donors (Lipinski definition) is 2. The van der Waals surface area contributed by atoms with E-state index in [-0.39, 0.29) is 18.0 Å². The molecule has 2 N–H and O–H groups in total. The summed E-state index contributed by atoms with van der Waals surface area (Å²) in [6.07, 6.45) is 4.70. The van der Waals surface area contributed by atoms with E-state index in [2.05, 4.69) is 36.5 Å². The SMILES string of the molecule is CC(C)CCNC(=O)C(C)NC(C)Cn1cccn1. The summed E-state index contributed by atoms with van der Waals surface area (Å²) in [5.41, 5.74) is 0. The zero-order chi connectivity index (χ0) is 14.3. The maximum Gasteiger partial charge on any atom is 0.236 e. The zero-order valence-electron chi connectivity index (χ0n) is 12.4. The molecule has 2 atom stereocenters. The van der Waals surface area contributed by atoms with Gasteiger partial charge >= 0.3 is 0 Å². The number of carbonyl (C=O) groups excluding carboxylic acids is 1. The minimum absolute atomic E-state index is 0.0629. The summed E-state index contributed by atoms with van der Waals surface area (Å²) in [4.78, 5) is 11.9. The van der Waals surface area contributed by atoms with Crippen molar-refractivity contribution in [3.8, 4) is 0 Å². The Labute approximate surface area is 115 Å². The summed E-state index contributed by atoms with van der Waals surface area (Å²) in [5, 5.41) is 10.4. The van der Waals surface area contributed by atoms with Gasteiger partial charge in [-0.05, 0) is 32.3 Å². The van der Waals surface area contributed by atoms with Gasteiger partial charge in [-0.15, -0.1) is 0 Å². The third-order valence-corrected chi connectivity index (χ3v) is 2.97. The molecule has 0 aliphatic carbocycles. The van der Waals surface area contributed by atoms with E-state index < -0.39 is 0 Å². The maximum atomic E-state index is 11.9. The lowest BCUT2D eigenvalue weighted by Crippen LogP contribution is -2.47. The normalized spacial score (nSPS) is 14.4. The molecule has 1 heterocycles. The summed E-state index contributed by atoms with van der Waals surface area (Å²) >= 11 is 0. The van der Waals surface area contributed by atoms with Crippen molar-refractivity contribution in [3.63, 3.8) is 0 Å². The molecular weight excluding hydrogens is 240 g/mol. The standard InChI is InChI=1S/C14H26N4O/c1-11(2)6-8-15-14(19)13(4)17-12(3)10-18-9-5-7-16-18/h5,7,9,11-13,17H,6,8,10H2,1-4H3,(H,15,19). The van der Waals surface area contributed by atoms with Crippen LogP contribution in [0, 0.1) is 5.92 Å². The Morgan fingerprint density at radius 1 is 1.32 bits per heavy atom. The Morgan fingerprint density at radius 2 is 2.05 bits per heavy atom. The molecule has 0 bridgehead atoms. The molecule has 0 aliphatic heterocycles. The van der Waals surface area contributed by atoms with Crippen molar-refractivity contribution in [1.29, 1.82) is 0 Å². The van der Waals surface area contributed by atoms with Crippen LogP contribution in [0.2, 0.25) is 0 Å². The number of hydrogen-bond acceptors (Lipinski definition) is 3. The van der Waals surface area contributed by atoms with E-state index in [4.69, 9.17) is 0 Å². The highest BCUT2D eigenvalue weighted by Gasteiger charge is 2.15. The number of rotatable bonds is 8. The molecule has 0 aromatic carbocycles. The van der Waals surface area contributed by atoms with Crippen LogP contribution in [0.15, 0.2) is 18.5 Å². The van der Waals surface area contributed by atoms with Gasteiger partial charge in [0.1, 0.15) is 0 Å². The predicted molar refractivity (Wildman–Crippen MR) is 76.8 cm³/mol. The van der Waals surface area contributed by atoms with Crippen molar-refractivity contribution in [2.75, 3.05) is 6.54 Å². The highest BCUT2D eigenvalue weighted by molar-refractivity contribution is 5.81. The largest absolute Gasteiger partial charge is 0.355 e. The first kappa shape index (κ1) is 15.7. The van der Waals surface area contributed by atoms with Crippen LogP contribution in [0.25, 0.3) is 0 Å². The molecule has 1 rings (SSSR count). The Hall–Kier alpha value is -1.36. The molecule has 1 amide bonds. The van der Waals surface area contributed by atoms with Crippen molar-refractivity contribution in [2.45, 2.75) is 52.7 Å². The average molecular weight is 266 g/mol. The molecule has 1 aromatic rings. The minimum atomic E-state index is -0.183. The summed E-state index contributed by atoms with van der Waals surface area (Å²) < 4.78 is 1.86. The molecule has 0 radical (unpaired) electrons. The van der Waals surface area contributed by atoms with Gasteiger partial charge in [0.2, 0.25) is 5.91 Å². The van der Waals surface area contributed by atoms with E-state index in [0.29, 0.717) is 5.92 Å². The van der Waals surface area contributed by atoms with E-state index in [0.717, 1.165) is 19.5 Å². The third kappa shape index (κ3) is 6.38. The predicted octanol–water partition coefficient (Wildman–Crippen LogP) is 1.41. The van der Waals surface area contributed by atoms with Gasteiger partial charge in [0.25, 0.3) is 0 Å². The fourth-order valence-electron chi connectivity index (χ4n) is 1.88. The Bertz CT molecular complexity index is 362. The van der Waals surface area contributed by atoms with Crippen LogP contribution in [-0.4, -0.2) is 34.3 Å². The van der Waals surface area contributed by atoms with E-state index >= 15 is 0 Å². The van der Waals surface area contributed by atoms with Crippen LogP contribution in [-0.2, 0) is 11.3 Å². The van der Waals surface area contributed by atoms with Crippen LogP contribution in [0.5, 0.6) is 0 Å². The zero-order valence-corrected chi connectivity index (χ0v) is 12.4. The van der Waals surface area contributed by atoms with Crippen LogP contribution in [0.3, 0.4) is 0 Å². The van der Waals surface area contributed by atoms with Crippen LogP contribution in [0.1, 0.15) is 34.1 Å². The molecule has 0 fully saturated rings. The van der Waals surface area contributed by atoms with Crippen molar-refractivity contribution in [3.05, 3.63) is 18.5 Å². The van der Waals surface area contributed by atoms with Gasteiger partial charge < -0.3 is 10.6 Å². The lowest BCUT2D eigenvalue weighted by Gasteiger charge is -2.20. The number of nitrogens with one attached hydrogen (secondary N) is 2. The molecule has 108 valence electrons. The Kier molecular flexibility index (Phi) is 6.56. The molecule has 1 aromatic heterocycles. The molecule has 5 nitrogen and oxygen atoms in total. The number of carbonyl (C=O) groups is 1. The summed E-state index contributed by atoms with van der Waals surface area (Å²) in [7, 11) is 0. The molecular formula is C14H26N4O. The van der Waals surface area contributed by atoms with Gasteiger partial charge in [-0.3, -0.25) is 9.48 Å². The first-order chi connectivity index (χ1) is 8.99. The second kappa shape index (κ2) is 7.94. The second-order valence-corrected chi connectivity index (χ2v) is 5.49. The van der Waals surface area contributed by atoms with E-state index in [9.17, 15) is 4.79 Å². The average Bonchev–Trinajstić information content (AvgIpc) is 2.80. The highest BCUT2D eigenvalue weighted by Crippen LogP contribution is 1.97. The number of nitrogens with zero attached hydrogens (tertiary/aromatic N) is 2. The van der Waals surface area contributed by atoms with Crippen molar-refractivity contribution in [2.24, 2.45) is 5.92 Å². The lowest BCUT2D eigenvalue weighted by atomic mass is 10.1. The van der Waals surface area contributed by atoms with Gasteiger partial charge in [-0.2, -0.15) is 5.10 Å². The van der Waals surface area contributed by atoms with Crippen molar-refractivity contribution in [1.82, 2.24) is 20.4 Å². The molecule has 0 aliphatic rings. The van der Waals surface area contributed by atoms with E-state index in [1.54, 1.807) is 6.20 Å². The fourth-order valence-corrected chi connectivity index (χ4v) is 1.88. The van der Waals surface area contributed by atoms with E-state index in [1.165, 1.54) is 0 Å². The fraction of sp³-hybridized carbons (Fsp3) is 0.714. The first-order valence-corrected chi connectivity index (χ1v) is 7.00. The summed E-state index contributed by atoms with van der Waals surface area (Å²) in [6.45, 7) is 9.76. The number of aromatic nitrogens is 2. The molecule has 2 unspecified atom stereocenters. The number of amides is 1. The summed E-state index contributed by atoms with van der Waals surface area (Å²) in [5.74, 6) is 0.676. The third-order valence-electron chi connectivity index (χ3n) is 2.97. The highest BCUT2D eigenvalue weighted by atomic mass is 16.2. The maximum absolute atomic E-state index is 11.9. The van der Waals surface area contributed by atoms with Gasteiger partial charge in [-0.1, -0.05) is 13.8 Å². The van der Waals surface area contributed by atoms with Crippen LogP contribution < -0.4 is 10.6 Å². The second-order valence-electron chi connectivity index (χ2n) is 5.49. The van der Waals surface area contributed by atoms with Gasteiger partial charge in [0, 0.05) is 25.0 Å². The minimum Gasteiger partial charge on any atom is -0.355 e. The van der Waals surface area contributed by atoms with Crippen LogP contribution >= 0.6 is 0 Å². The Balaban J connectivity index is 2.25. The van der Waals surface area contributed by atoms with Crippen molar-refractivity contribution >= 4 is 5.91 Å². The molecule has 0 spiro atoms. The summed E-state index contributed by atoms with van der Waals surface area (Å²) in [6, 6.07) is 1.91. The van der Waals surface area contributed by atoms with Crippen molar-refractivity contribution < 1.29 is 4.79 Å². The lowest BCUT2D eigenvalue weighted by molar-refractivity contribution is -0.123. The monoisotopic (exact) mass is 266 g/mol. The first-order valence-electron chi connectivity index (χ1n) is 7.00. The molecule has 0 saturated carbocycles. The molecule has 19 heavy (non-hydrogen) atoms. The molecule has 5 heteroatoms. The van der Waals surface area contributed by atoms with Gasteiger partial charge in [-0.25, -0.2) is 0 Å². The Morgan fingerprint density at radius 3 is 2.63 bits per heavy atom. The van der Waals surface area contributed by atoms with E-state index in [1.807, 2.05) is 23.9 Å². The smallest absolute Gasteiger partial charge is 0.236 e.